The summed E-state index contributed by atoms with van der Waals surface area (Å²) in [6.45, 7) is 7.53. The normalized spacial score (nSPS) is 11.7. The molecule has 0 spiro atoms. The quantitative estimate of drug-likeness (QED) is 0.653. The van der Waals surface area contributed by atoms with E-state index in [0.29, 0.717) is 23.1 Å². The van der Waals surface area contributed by atoms with Gasteiger partial charge in [-0.3, -0.25) is 0 Å². The first-order valence-corrected chi connectivity index (χ1v) is 9.26. The molecule has 0 amide bonds. The van der Waals surface area contributed by atoms with Crippen LogP contribution < -0.4 is 5.32 Å². The number of benzene rings is 2. The van der Waals surface area contributed by atoms with Crippen LogP contribution in [0.4, 0.5) is 0 Å². The van der Waals surface area contributed by atoms with Crippen molar-refractivity contribution in [1.82, 2.24) is 20.3 Å². The van der Waals surface area contributed by atoms with Crippen LogP contribution in [-0.4, -0.2) is 20.5 Å². The van der Waals surface area contributed by atoms with Crippen LogP contribution >= 0.6 is 23.2 Å². The molecule has 4 nitrogen and oxygen atoms in total. The van der Waals surface area contributed by atoms with Crippen LogP contribution in [0.15, 0.2) is 48.5 Å². The van der Waals surface area contributed by atoms with E-state index >= 15 is 0 Å². The molecule has 1 N–H and O–H groups in total. The molecular weight excluding hydrogens is 367 g/mol. The molecule has 3 aromatic rings. The van der Waals surface area contributed by atoms with E-state index in [-0.39, 0.29) is 5.54 Å². The van der Waals surface area contributed by atoms with Gasteiger partial charge in [0.05, 0.1) is 6.54 Å². The van der Waals surface area contributed by atoms with Gasteiger partial charge in [-0.05, 0) is 38.5 Å². The fourth-order valence-corrected chi connectivity index (χ4v) is 3.01. The SMILES string of the molecule is CC(C)(C)NCc1nn(Cc2ccc(Cl)cc2Cl)nc1-c1ccccc1. The maximum Gasteiger partial charge on any atom is 0.117 e. The second-order valence-corrected chi connectivity index (χ2v) is 8.07. The second kappa shape index (κ2) is 7.78. The summed E-state index contributed by atoms with van der Waals surface area (Å²) in [5.74, 6) is 0. The van der Waals surface area contributed by atoms with E-state index in [1.165, 1.54) is 0 Å². The Morgan fingerprint density at radius 3 is 2.38 bits per heavy atom. The van der Waals surface area contributed by atoms with E-state index in [1.54, 1.807) is 10.9 Å². The van der Waals surface area contributed by atoms with Gasteiger partial charge in [-0.25, -0.2) is 0 Å². The van der Waals surface area contributed by atoms with Gasteiger partial charge >= 0.3 is 0 Å². The fourth-order valence-electron chi connectivity index (χ4n) is 2.54. The number of nitrogens with one attached hydrogen (secondary N) is 1. The van der Waals surface area contributed by atoms with Crippen molar-refractivity contribution < 1.29 is 0 Å². The molecule has 6 heteroatoms. The lowest BCUT2D eigenvalue weighted by atomic mass is 10.1. The van der Waals surface area contributed by atoms with Crippen LogP contribution in [0.2, 0.25) is 10.0 Å². The summed E-state index contributed by atoms with van der Waals surface area (Å²) < 4.78 is 0. The van der Waals surface area contributed by atoms with Crippen molar-refractivity contribution in [2.75, 3.05) is 0 Å². The Bertz CT molecular complexity index is 883. The van der Waals surface area contributed by atoms with Crippen molar-refractivity contribution >= 4 is 23.2 Å². The Morgan fingerprint density at radius 2 is 1.73 bits per heavy atom. The molecule has 1 heterocycles. The predicted molar refractivity (Wildman–Crippen MR) is 108 cm³/mol. The summed E-state index contributed by atoms with van der Waals surface area (Å²) in [5, 5.41) is 14.1. The lowest BCUT2D eigenvalue weighted by molar-refractivity contribution is 0.419. The van der Waals surface area contributed by atoms with Crippen LogP contribution in [0.3, 0.4) is 0 Å². The first-order valence-electron chi connectivity index (χ1n) is 8.50. The number of aromatic nitrogens is 3. The molecule has 0 aliphatic heterocycles. The Hall–Kier alpha value is -1.88. The zero-order valence-corrected chi connectivity index (χ0v) is 16.6. The Labute approximate surface area is 164 Å². The van der Waals surface area contributed by atoms with Gasteiger partial charge < -0.3 is 5.32 Å². The Morgan fingerprint density at radius 1 is 1.00 bits per heavy atom. The molecule has 0 saturated heterocycles. The summed E-state index contributed by atoms with van der Waals surface area (Å²) in [6.07, 6.45) is 0. The number of hydrogen-bond donors (Lipinski definition) is 1. The summed E-state index contributed by atoms with van der Waals surface area (Å²) in [5.41, 5.74) is 3.77. The van der Waals surface area contributed by atoms with Gasteiger partial charge in [0.25, 0.3) is 0 Å². The maximum absolute atomic E-state index is 6.30. The van der Waals surface area contributed by atoms with Crippen molar-refractivity contribution in [3.05, 3.63) is 69.8 Å². The highest BCUT2D eigenvalue weighted by Gasteiger charge is 2.17. The molecule has 0 aliphatic carbocycles. The zero-order valence-electron chi connectivity index (χ0n) is 15.1. The molecule has 0 saturated carbocycles. The summed E-state index contributed by atoms with van der Waals surface area (Å²) >= 11 is 12.3. The molecule has 2 aromatic carbocycles. The third-order valence-corrected chi connectivity index (χ3v) is 4.47. The number of rotatable bonds is 5. The topological polar surface area (TPSA) is 42.7 Å². The molecule has 1 aromatic heterocycles. The molecule has 0 atom stereocenters. The summed E-state index contributed by atoms with van der Waals surface area (Å²) in [4.78, 5) is 1.69. The number of halogens is 2. The van der Waals surface area contributed by atoms with Crippen LogP contribution in [0, 0.1) is 0 Å². The van der Waals surface area contributed by atoms with Crippen molar-refractivity contribution in [2.45, 2.75) is 39.4 Å². The summed E-state index contributed by atoms with van der Waals surface area (Å²) in [6, 6.07) is 15.6. The predicted octanol–water partition coefficient (Wildman–Crippen LogP) is 5.19. The number of nitrogens with zero attached hydrogens (tertiary/aromatic N) is 3. The highest BCUT2D eigenvalue weighted by atomic mass is 35.5. The summed E-state index contributed by atoms with van der Waals surface area (Å²) in [7, 11) is 0. The van der Waals surface area contributed by atoms with Crippen molar-refractivity contribution in [1.29, 1.82) is 0 Å². The molecule has 0 bridgehead atoms. The van der Waals surface area contributed by atoms with E-state index in [1.807, 2.05) is 42.5 Å². The van der Waals surface area contributed by atoms with Crippen molar-refractivity contribution in [3.8, 4) is 11.3 Å². The lowest BCUT2D eigenvalue weighted by Gasteiger charge is -2.19. The molecule has 3 rings (SSSR count). The van der Waals surface area contributed by atoms with Gasteiger partial charge in [0, 0.05) is 27.7 Å². The van der Waals surface area contributed by atoms with Crippen LogP contribution in [0.5, 0.6) is 0 Å². The largest absolute Gasteiger partial charge is 0.306 e. The van der Waals surface area contributed by atoms with Gasteiger partial charge in [0.2, 0.25) is 0 Å². The Kier molecular flexibility index (Phi) is 5.66. The minimum Gasteiger partial charge on any atom is -0.306 e. The highest BCUT2D eigenvalue weighted by molar-refractivity contribution is 6.35. The van der Waals surface area contributed by atoms with Crippen LogP contribution in [-0.2, 0) is 13.1 Å². The third kappa shape index (κ3) is 4.85. The van der Waals surface area contributed by atoms with Crippen LogP contribution in [0.25, 0.3) is 11.3 Å². The van der Waals surface area contributed by atoms with E-state index in [2.05, 4.69) is 26.1 Å². The maximum atomic E-state index is 6.30. The minimum absolute atomic E-state index is 0.00275. The Balaban J connectivity index is 1.92. The molecule has 0 aliphatic rings. The van der Waals surface area contributed by atoms with Gasteiger partial charge in [-0.1, -0.05) is 59.6 Å². The van der Waals surface area contributed by atoms with Gasteiger partial charge in [-0.15, -0.1) is 0 Å². The first kappa shape index (κ1) is 18.9. The fraction of sp³-hybridized carbons (Fsp3) is 0.300. The molecule has 26 heavy (non-hydrogen) atoms. The monoisotopic (exact) mass is 388 g/mol. The smallest absolute Gasteiger partial charge is 0.117 e. The minimum atomic E-state index is -0.00275. The average molecular weight is 389 g/mol. The van der Waals surface area contributed by atoms with E-state index in [4.69, 9.17) is 33.4 Å². The standard InChI is InChI=1S/C20H22Cl2N4/c1-20(2,3)23-12-18-19(14-7-5-4-6-8-14)25-26(24-18)13-15-9-10-16(21)11-17(15)22/h4-11,23H,12-13H2,1-3H3. The van der Waals surface area contributed by atoms with Gasteiger partial charge in [0.15, 0.2) is 0 Å². The van der Waals surface area contributed by atoms with Gasteiger partial charge in [-0.2, -0.15) is 15.0 Å². The van der Waals surface area contributed by atoms with Crippen LogP contribution in [0.1, 0.15) is 32.0 Å². The van der Waals surface area contributed by atoms with E-state index in [9.17, 15) is 0 Å². The van der Waals surface area contributed by atoms with Crippen molar-refractivity contribution in [3.63, 3.8) is 0 Å². The highest BCUT2D eigenvalue weighted by Crippen LogP contribution is 2.24. The van der Waals surface area contributed by atoms with E-state index in [0.717, 1.165) is 22.5 Å². The molecule has 0 radical (unpaired) electrons. The zero-order chi connectivity index (χ0) is 18.7. The molecule has 0 unspecified atom stereocenters. The van der Waals surface area contributed by atoms with E-state index < -0.39 is 0 Å². The molecular formula is C20H22Cl2N4. The van der Waals surface area contributed by atoms with Crippen molar-refractivity contribution in [2.24, 2.45) is 0 Å². The number of hydrogen-bond acceptors (Lipinski definition) is 3. The van der Waals surface area contributed by atoms with Gasteiger partial charge in [0.1, 0.15) is 11.4 Å². The first-order chi connectivity index (χ1) is 12.3. The second-order valence-electron chi connectivity index (χ2n) is 7.23. The third-order valence-electron chi connectivity index (χ3n) is 3.89. The average Bonchev–Trinajstić information content (AvgIpc) is 2.99. The molecule has 136 valence electrons. The molecule has 0 fully saturated rings. The lowest BCUT2D eigenvalue weighted by Crippen LogP contribution is -2.35.